The highest BCUT2D eigenvalue weighted by Crippen LogP contribution is 2.32. The van der Waals surface area contributed by atoms with Gasteiger partial charge in [0.15, 0.2) is 0 Å². The molecule has 0 bridgehead atoms. The SMILES string of the molecule is Cc1cccc(COC(C)C2CCCCC2OCc2coc(-c3ccc(F)cc3)n2)c1C(=O)O. The van der Waals surface area contributed by atoms with Crippen molar-refractivity contribution >= 4 is 5.97 Å². The molecule has 0 spiro atoms. The number of benzene rings is 2. The monoisotopic (exact) mass is 467 g/mol. The summed E-state index contributed by atoms with van der Waals surface area (Å²) in [5.74, 6) is -0.603. The van der Waals surface area contributed by atoms with Crippen molar-refractivity contribution in [1.82, 2.24) is 4.98 Å². The van der Waals surface area contributed by atoms with Crippen LogP contribution in [0.3, 0.4) is 0 Å². The van der Waals surface area contributed by atoms with Crippen LogP contribution in [0, 0.1) is 18.7 Å². The van der Waals surface area contributed by atoms with E-state index in [1.165, 1.54) is 12.1 Å². The normalized spacial score (nSPS) is 19.1. The lowest BCUT2D eigenvalue weighted by Crippen LogP contribution is -2.36. The highest BCUT2D eigenvalue weighted by atomic mass is 19.1. The van der Waals surface area contributed by atoms with E-state index in [4.69, 9.17) is 13.9 Å². The molecule has 2 aromatic carbocycles. The van der Waals surface area contributed by atoms with Gasteiger partial charge in [-0.15, -0.1) is 0 Å². The summed E-state index contributed by atoms with van der Waals surface area (Å²) in [6.45, 7) is 4.40. The van der Waals surface area contributed by atoms with Gasteiger partial charge < -0.3 is 19.0 Å². The number of carbonyl (C=O) groups is 1. The van der Waals surface area contributed by atoms with Crippen LogP contribution in [0.4, 0.5) is 4.39 Å². The van der Waals surface area contributed by atoms with Crippen LogP contribution in [-0.2, 0) is 22.7 Å². The minimum atomic E-state index is -0.934. The molecular formula is C27H30FNO5. The Balaban J connectivity index is 1.36. The number of hydrogen-bond acceptors (Lipinski definition) is 5. The zero-order valence-corrected chi connectivity index (χ0v) is 19.5. The van der Waals surface area contributed by atoms with Crippen LogP contribution in [0.2, 0.25) is 0 Å². The maximum absolute atomic E-state index is 13.2. The molecule has 4 rings (SSSR count). The van der Waals surface area contributed by atoms with Crippen LogP contribution < -0.4 is 0 Å². The number of rotatable bonds is 9. The molecule has 0 aliphatic heterocycles. The highest BCUT2D eigenvalue weighted by Gasteiger charge is 2.31. The van der Waals surface area contributed by atoms with E-state index in [1.807, 2.05) is 13.0 Å². The quantitative estimate of drug-likeness (QED) is 0.405. The van der Waals surface area contributed by atoms with Gasteiger partial charge in [-0.2, -0.15) is 0 Å². The van der Waals surface area contributed by atoms with Gasteiger partial charge in [-0.05, 0) is 62.1 Å². The first kappa shape index (κ1) is 24.1. The molecule has 3 aromatic rings. The van der Waals surface area contributed by atoms with Crippen LogP contribution >= 0.6 is 0 Å². The summed E-state index contributed by atoms with van der Waals surface area (Å²) >= 11 is 0. The van der Waals surface area contributed by atoms with Gasteiger partial charge in [-0.3, -0.25) is 0 Å². The van der Waals surface area contributed by atoms with Crippen molar-refractivity contribution in [3.63, 3.8) is 0 Å². The minimum Gasteiger partial charge on any atom is -0.478 e. The number of carboxylic acids is 1. The van der Waals surface area contributed by atoms with Gasteiger partial charge in [-0.25, -0.2) is 14.2 Å². The van der Waals surface area contributed by atoms with Crippen molar-refractivity contribution in [2.75, 3.05) is 0 Å². The number of hydrogen-bond donors (Lipinski definition) is 1. The maximum Gasteiger partial charge on any atom is 0.336 e. The summed E-state index contributed by atoms with van der Waals surface area (Å²) < 4.78 is 31.1. The van der Waals surface area contributed by atoms with Gasteiger partial charge in [-0.1, -0.05) is 31.0 Å². The molecule has 1 aliphatic carbocycles. The van der Waals surface area contributed by atoms with E-state index in [9.17, 15) is 14.3 Å². The Labute approximate surface area is 198 Å². The summed E-state index contributed by atoms with van der Waals surface area (Å²) in [6, 6.07) is 11.5. The molecule has 1 saturated carbocycles. The first-order valence-corrected chi connectivity index (χ1v) is 11.7. The number of halogens is 1. The second kappa shape index (κ2) is 10.9. The molecule has 1 aliphatic rings. The van der Waals surface area contributed by atoms with Gasteiger partial charge in [0.05, 0.1) is 31.0 Å². The predicted octanol–water partition coefficient (Wildman–Crippen LogP) is 6.17. The summed E-state index contributed by atoms with van der Waals surface area (Å²) in [7, 11) is 0. The van der Waals surface area contributed by atoms with E-state index in [1.54, 1.807) is 37.5 Å². The van der Waals surface area contributed by atoms with Gasteiger partial charge in [0, 0.05) is 11.5 Å². The summed E-state index contributed by atoms with van der Waals surface area (Å²) in [6.07, 6.45) is 5.64. The Hall–Kier alpha value is -3.03. The standard InChI is InChI=1S/C27H30FNO5/c1-17-6-5-7-20(25(17)27(30)31)14-32-18(2)23-8-3-4-9-24(23)33-15-22-16-34-26(29-22)19-10-12-21(28)13-11-19/h5-7,10-13,16,18,23-24H,3-4,8-9,14-15H2,1-2H3,(H,30,31). The van der Waals surface area contributed by atoms with Gasteiger partial charge in [0.25, 0.3) is 0 Å². The lowest BCUT2D eigenvalue weighted by Gasteiger charge is -2.35. The molecule has 0 saturated heterocycles. The predicted molar refractivity (Wildman–Crippen MR) is 125 cm³/mol. The average Bonchev–Trinajstić information content (AvgIpc) is 3.30. The summed E-state index contributed by atoms with van der Waals surface area (Å²) in [5.41, 5.74) is 3.12. The van der Waals surface area contributed by atoms with E-state index in [-0.39, 0.29) is 30.5 Å². The number of nitrogens with zero attached hydrogens (tertiary/aromatic N) is 1. The van der Waals surface area contributed by atoms with Crippen LogP contribution in [0.15, 0.2) is 53.1 Å². The van der Waals surface area contributed by atoms with Crippen molar-refractivity contribution in [1.29, 1.82) is 0 Å². The number of carboxylic acid groups (broad SMARTS) is 1. The van der Waals surface area contributed by atoms with Gasteiger partial charge in [0.1, 0.15) is 17.8 Å². The molecule has 34 heavy (non-hydrogen) atoms. The smallest absolute Gasteiger partial charge is 0.336 e. The van der Waals surface area contributed by atoms with Crippen LogP contribution in [-0.4, -0.2) is 28.3 Å². The van der Waals surface area contributed by atoms with Gasteiger partial charge in [0.2, 0.25) is 5.89 Å². The Bertz CT molecular complexity index is 1110. The molecule has 180 valence electrons. The fourth-order valence-electron chi connectivity index (χ4n) is 4.66. The highest BCUT2D eigenvalue weighted by molar-refractivity contribution is 5.91. The molecule has 3 unspecified atom stereocenters. The average molecular weight is 468 g/mol. The molecule has 1 N–H and O–H groups in total. The lowest BCUT2D eigenvalue weighted by atomic mass is 9.83. The maximum atomic E-state index is 13.2. The Kier molecular flexibility index (Phi) is 7.75. The van der Waals surface area contributed by atoms with Crippen molar-refractivity contribution in [2.45, 2.75) is 65.0 Å². The fourth-order valence-corrected chi connectivity index (χ4v) is 4.66. The molecule has 1 heterocycles. The van der Waals surface area contributed by atoms with Crippen molar-refractivity contribution in [3.05, 3.63) is 76.9 Å². The molecule has 6 nitrogen and oxygen atoms in total. The molecule has 7 heteroatoms. The molecule has 3 atom stereocenters. The van der Waals surface area contributed by atoms with E-state index in [0.717, 1.165) is 31.2 Å². The van der Waals surface area contributed by atoms with E-state index < -0.39 is 5.97 Å². The molecule has 1 fully saturated rings. The zero-order chi connectivity index (χ0) is 24.1. The third kappa shape index (κ3) is 5.72. The fraction of sp³-hybridized carbons (Fsp3) is 0.407. The Morgan fingerprint density at radius 1 is 1.18 bits per heavy atom. The van der Waals surface area contributed by atoms with Crippen molar-refractivity contribution < 1.29 is 28.2 Å². The zero-order valence-electron chi connectivity index (χ0n) is 19.5. The van der Waals surface area contributed by atoms with Crippen molar-refractivity contribution in [2.24, 2.45) is 5.92 Å². The lowest BCUT2D eigenvalue weighted by molar-refractivity contribution is -0.0863. The Morgan fingerprint density at radius 3 is 2.71 bits per heavy atom. The van der Waals surface area contributed by atoms with E-state index in [2.05, 4.69) is 4.98 Å². The van der Waals surface area contributed by atoms with Crippen molar-refractivity contribution in [3.8, 4) is 11.5 Å². The molecule has 0 amide bonds. The number of aromatic nitrogens is 1. The minimum absolute atomic E-state index is 0.0196. The number of ether oxygens (including phenoxy) is 2. The number of aromatic carboxylic acids is 1. The third-order valence-corrected chi connectivity index (χ3v) is 6.52. The van der Waals surface area contributed by atoms with Crippen LogP contribution in [0.25, 0.3) is 11.5 Å². The molecule has 1 aromatic heterocycles. The summed E-state index contributed by atoms with van der Waals surface area (Å²) in [5, 5.41) is 9.56. The second-order valence-electron chi connectivity index (χ2n) is 8.88. The first-order chi connectivity index (χ1) is 16.4. The summed E-state index contributed by atoms with van der Waals surface area (Å²) in [4.78, 5) is 16.1. The van der Waals surface area contributed by atoms with Crippen LogP contribution in [0.5, 0.6) is 0 Å². The largest absolute Gasteiger partial charge is 0.478 e. The van der Waals surface area contributed by atoms with E-state index >= 15 is 0 Å². The Morgan fingerprint density at radius 2 is 1.94 bits per heavy atom. The molecule has 0 radical (unpaired) electrons. The number of aryl methyl sites for hydroxylation is 1. The molecular weight excluding hydrogens is 437 g/mol. The topological polar surface area (TPSA) is 81.8 Å². The van der Waals surface area contributed by atoms with Crippen LogP contribution in [0.1, 0.15) is 59.8 Å². The third-order valence-electron chi connectivity index (χ3n) is 6.52. The second-order valence-corrected chi connectivity index (χ2v) is 8.88. The van der Waals surface area contributed by atoms with E-state index in [0.29, 0.717) is 34.9 Å². The number of oxazole rings is 1. The van der Waals surface area contributed by atoms with Gasteiger partial charge >= 0.3 is 5.97 Å². The first-order valence-electron chi connectivity index (χ1n) is 11.7.